The molecule has 0 aromatic heterocycles. The van der Waals surface area contributed by atoms with Crippen molar-refractivity contribution in [3.05, 3.63) is 35.4 Å². The third-order valence-corrected chi connectivity index (χ3v) is 5.42. The second-order valence-corrected chi connectivity index (χ2v) is 7.50. The lowest BCUT2D eigenvalue weighted by molar-refractivity contribution is 0.0526. The lowest BCUT2D eigenvalue weighted by Gasteiger charge is -2.37. The molecule has 29 heavy (non-hydrogen) atoms. The van der Waals surface area contributed by atoms with E-state index in [9.17, 15) is 9.90 Å². The Bertz CT molecular complexity index is 623. The quantitative estimate of drug-likeness (QED) is 0.201. The maximum absolute atomic E-state index is 11.7. The molecule has 0 bridgehead atoms. The number of benzene rings is 1. The zero-order valence-corrected chi connectivity index (χ0v) is 20.0. The van der Waals surface area contributed by atoms with Crippen LogP contribution in [-0.2, 0) is 11.3 Å². The Morgan fingerprint density at radius 2 is 1.83 bits per heavy atom. The summed E-state index contributed by atoms with van der Waals surface area (Å²) in [5.41, 5.74) is 1.76. The maximum Gasteiger partial charge on any atom is 0.338 e. The number of aliphatic hydroxyl groups is 1. The Kier molecular flexibility index (Phi) is 12.2. The highest BCUT2D eigenvalue weighted by molar-refractivity contribution is 14.0. The third-order valence-electron chi connectivity index (χ3n) is 5.42. The Hall–Kier alpha value is -1.35. The van der Waals surface area contributed by atoms with Gasteiger partial charge in [-0.1, -0.05) is 31.4 Å². The van der Waals surface area contributed by atoms with Gasteiger partial charge in [-0.15, -0.1) is 24.0 Å². The molecule has 3 N–H and O–H groups in total. The number of hydrogen-bond acceptors (Lipinski definition) is 4. The number of hydrogen-bond donors (Lipinski definition) is 3. The molecular formula is C22H36IN3O3. The molecule has 1 fully saturated rings. The van der Waals surface area contributed by atoms with Crippen molar-refractivity contribution in [1.29, 1.82) is 0 Å². The fourth-order valence-corrected chi connectivity index (χ4v) is 3.80. The normalized spacial score (nSPS) is 15.9. The number of rotatable bonds is 9. The summed E-state index contributed by atoms with van der Waals surface area (Å²) in [4.78, 5) is 16.4. The number of guanidine groups is 1. The van der Waals surface area contributed by atoms with Gasteiger partial charge < -0.3 is 20.5 Å². The summed E-state index contributed by atoms with van der Waals surface area (Å²) in [6.45, 7) is 6.62. The lowest BCUT2D eigenvalue weighted by atomic mass is 9.72. The van der Waals surface area contributed by atoms with Crippen LogP contribution in [-0.4, -0.2) is 43.3 Å². The molecule has 0 atom stereocenters. The van der Waals surface area contributed by atoms with E-state index in [0.717, 1.165) is 43.9 Å². The number of halogens is 1. The number of nitrogens with zero attached hydrogens (tertiary/aromatic N) is 1. The second kappa shape index (κ2) is 13.8. The number of aliphatic hydroxyl groups excluding tert-OH is 1. The molecule has 164 valence electrons. The molecule has 0 radical (unpaired) electrons. The van der Waals surface area contributed by atoms with E-state index in [4.69, 9.17) is 4.74 Å². The Labute approximate surface area is 191 Å². The van der Waals surface area contributed by atoms with Crippen LogP contribution in [0.15, 0.2) is 29.3 Å². The van der Waals surface area contributed by atoms with Crippen LogP contribution in [0.2, 0.25) is 0 Å². The van der Waals surface area contributed by atoms with Crippen LogP contribution in [0.1, 0.15) is 68.3 Å². The van der Waals surface area contributed by atoms with Crippen molar-refractivity contribution in [3.63, 3.8) is 0 Å². The van der Waals surface area contributed by atoms with E-state index in [1.165, 1.54) is 19.3 Å². The second-order valence-electron chi connectivity index (χ2n) is 7.50. The van der Waals surface area contributed by atoms with Gasteiger partial charge in [-0.3, -0.25) is 0 Å². The number of aliphatic imine (C=N–C) groups is 1. The predicted molar refractivity (Wildman–Crippen MR) is 128 cm³/mol. The molecule has 1 aliphatic rings. The van der Waals surface area contributed by atoms with Crippen LogP contribution < -0.4 is 10.6 Å². The first-order chi connectivity index (χ1) is 13.6. The van der Waals surface area contributed by atoms with Crippen molar-refractivity contribution in [2.24, 2.45) is 10.4 Å². The largest absolute Gasteiger partial charge is 0.462 e. The van der Waals surface area contributed by atoms with Gasteiger partial charge in [0.2, 0.25) is 0 Å². The Morgan fingerprint density at radius 1 is 1.14 bits per heavy atom. The topological polar surface area (TPSA) is 83.0 Å². The number of carbonyl (C=O) groups excluding carboxylic acids is 1. The van der Waals surface area contributed by atoms with Gasteiger partial charge in [0.25, 0.3) is 0 Å². The standard InChI is InChI=1S/C22H35N3O3.HI/c1-3-23-21(25-17-22(14-15-26)12-6-5-7-13-22)24-16-18-8-10-19(11-9-18)20(27)28-4-2;/h8-11,26H,3-7,12-17H2,1-2H3,(H2,23,24,25);1H. The van der Waals surface area contributed by atoms with Crippen LogP contribution >= 0.6 is 24.0 Å². The molecule has 2 rings (SSSR count). The number of esters is 1. The average Bonchev–Trinajstić information content (AvgIpc) is 2.71. The molecule has 0 saturated heterocycles. The molecule has 1 saturated carbocycles. The first kappa shape index (κ1) is 25.7. The SMILES string of the molecule is CCNC(=NCc1ccc(C(=O)OCC)cc1)NCC1(CCO)CCCCC1.I. The van der Waals surface area contributed by atoms with Gasteiger partial charge in [0.05, 0.1) is 18.7 Å². The molecule has 1 aliphatic carbocycles. The summed E-state index contributed by atoms with van der Waals surface area (Å²) in [6.07, 6.45) is 6.94. The van der Waals surface area contributed by atoms with Crippen molar-refractivity contribution in [1.82, 2.24) is 10.6 Å². The minimum Gasteiger partial charge on any atom is -0.462 e. The van der Waals surface area contributed by atoms with Crippen molar-refractivity contribution >= 4 is 35.9 Å². The first-order valence-corrected chi connectivity index (χ1v) is 10.5. The highest BCUT2D eigenvalue weighted by atomic mass is 127. The molecule has 0 spiro atoms. The van der Waals surface area contributed by atoms with Crippen molar-refractivity contribution in [2.75, 3.05) is 26.3 Å². The molecule has 0 amide bonds. The van der Waals surface area contributed by atoms with Crippen molar-refractivity contribution in [2.45, 2.75) is 58.9 Å². The van der Waals surface area contributed by atoms with E-state index < -0.39 is 0 Å². The first-order valence-electron chi connectivity index (χ1n) is 10.5. The summed E-state index contributed by atoms with van der Waals surface area (Å²) in [5.74, 6) is 0.495. The average molecular weight is 517 g/mol. The fourth-order valence-electron chi connectivity index (χ4n) is 3.80. The minimum absolute atomic E-state index is 0. The van der Waals surface area contributed by atoms with Crippen molar-refractivity contribution < 1.29 is 14.6 Å². The van der Waals surface area contributed by atoms with E-state index in [1.807, 2.05) is 12.1 Å². The van der Waals surface area contributed by atoms with Gasteiger partial charge in [-0.05, 0) is 56.2 Å². The molecular weight excluding hydrogens is 481 g/mol. The van der Waals surface area contributed by atoms with Crippen molar-refractivity contribution in [3.8, 4) is 0 Å². The van der Waals surface area contributed by atoms with Crippen LogP contribution in [0.4, 0.5) is 0 Å². The highest BCUT2D eigenvalue weighted by Crippen LogP contribution is 2.38. The predicted octanol–water partition coefficient (Wildman–Crippen LogP) is 3.87. The lowest BCUT2D eigenvalue weighted by Crippen LogP contribution is -2.44. The van der Waals surface area contributed by atoms with E-state index in [0.29, 0.717) is 18.7 Å². The number of nitrogens with one attached hydrogen (secondary N) is 2. The van der Waals surface area contributed by atoms with Crippen LogP contribution in [0.3, 0.4) is 0 Å². The molecule has 1 aromatic carbocycles. The fraction of sp³-hybridized carbons (Fsp3) is 0.636. The monoisotopic (exact) mass is 517 g/mol. The molecule has 0 heterocycles. The molecule has 1 aromatic rings. The molecule has 0 unspecified atom stereocenters. The smallest absolute Gasteiger partial charge is 0.338 e. The summed E-state index contributed by atoms with van der Waals surface area (Å²) < 4.78 is 5.01. The molecule has 6 nitrogen and oxygen atoms in total. The van der Waals surface area contributed by atoms with Gasteiger partial charge in [-0.2, -0.15) is 0 Å². The third kappa shape index (κ3) is 8.50. The Balaban J connectivity index is 0.00000420. The van der Waals surface area contributed by atoms with Gasteiger partial charge in [-0.25, -0.2) is 9.79 Å². The number of carbonyl (C=O) groups is 1. The van der Waals surface area contributed by atoms with E-state index in [2.05, 4.69) is 22.5 Å². The minimum atomic E-state index is -0.297. The van der Waals surface area contributed by atoms with E-state index in [-0.39, 0.29) is 42.0 Å². The van der Waals surface area contributed by atoms with Crippen LogP contribution in [0.5, 0.6) is 0 Å². The van der Waals surface area contributed by atoms with Crippen LogP contribution in [0.25, 0.3) is 0 Å². The van der Waals surface area contributed by atoms with E-state index in [1.54, 1.807) is 19.1 Å². The van der Waals surface area contributed by atoms with Gasteiger partial charge in [0, 0.05) is 19.7 Å². The van der Waals surface area contributed by atoms with Gasteiger partial charge >= 0.3 is 5.97 Å². The zero-order chi connectivity index (χ0) is 20.2. The summed E-state index contributed by atoms with van der Waals surface area (Å²) in [5, 5.41) is 16.3. The van der Waals surface area contributed by atoms with E-state index >= 15 is 0 Å². The van der Waals surface area contributed by atoms with Crippen LogP contribution in [0, 0.1) is 5.41 Å². The zero-order valence-electron chi connectivity index (χ0n) is 17.7. The molecule has 7 heteroatoms. The Morgan fingerprint density at radius 3 is 2.41 bits per heavy atom. The van der Waals surface area contributed by atoms with Gasteiger partial charge in [0.1, 0.15) is 0 Å². The highest BCUT2D eigenvalue weighted by Gasteiger charge is 2.31. The number of ether oxygens (including phenoxy) is 1. The van der Waals surface area contributed by atoms with Gasteiger partial charge in [0.15, 0.2) is 5.96 Å². The summed E-state index contributed by atoms with van der Waals surface area (Å²) >= 11 is 0. The summed E-state index contributed by atoms with van der Waals surface area (Å²) in [6, 6.07) is 7.38. The summed E-state index contributed by atoms with van der Waals surface area (Å²) in [7, 11) is 0. The molecule has 0 aliphatic heterocycles. The maximum atomic E-state index is 11.7.